The van der Waals surface area contributed by atoms with Gasteiger partial charge in [0.2, 0.25) is 0 Å². The molecule has 1 amide bonds. The number of ether oxygens (including phenoxy) is 2. The molecule has 0 aromatic heterocycles. The van der Waals surface area contributed by atoms with E-state index < -0.39 is 6.10 Å². The van der Waals surface area contributed by atoms with E-state index in [2.05, 4.69) is 27.8 Å². The molecule has 1 rings (SSSR count). The van der Waals surface area contributed by atoms with E-state index in [-0.39, 0.29) is 5.91 Å². The highest BCUT2D eigenvalue weighted by atomic mass is 79.9. The Balaban J connectivity index is 2.97. The van der Waals surface area contributed by atoms with Crippen LogP contribution in [0.3, 0.4) is 0 Å². The number of nitrogens with one attached hydrogen (secondary N) is 1. The summed E-state index contributed by atoms with van der Waals surface area (Å²) in [6.07, 6.45) is 1.60. The third-order valence-electron chi connectivity index (χ3n) is 2.55. The highest BCUT2D eigenvalue weighted by molar-refractivity contribution is 9.10. The molecule has 1 unspecified atom stereocenters. The van der Waals surface area contributed by atoms with Crippen LogP contribution in [0.5, 0.6) is 11.5 Å². The van der Waals surface area contributed by atoms with Gasteiger partial charge in [0.15, 0.2) is 17.6 Å². The van der Waals surface area contributed by atoms with Crippen LogP contribution in [0.2, 0.25) is 0 Å². The number of halogens is 1. The largest absolute Gasteiger partial charge is 0.490 e. The lowest BCUT2D eigenvalue weighted by atomic mass is 10.2. The number of aldehydes is 1. The zero-order chi connectivity index (χ0) is 15.8. The van der Waals surface area contributed by atoms with E-state index in [1.165, 1.54) is 0 Å². The van der Waals surface area contributed by atoms with Crippen LogP contribution in [-0.4, -0.2) is 31.4 Å². The van der Waals surface area contributed by atoms with Gasteiger partial charge in [-0.2, -0.15) is 0 Å². The van der Waals surface area contributed by atoms with Crippen LogP contribution >= 0.6 is 15.9 Å². The normalized spacial score (nSPS) is 11.4. The minimum Gasteiger partial charge on any atom is -0.490 e. The van der Waals surface area contributed by atoms with Gasteiger partial charge in [0.05, 0.1) is 11.1 Å². The Labute approximate surface area is 132 Å². The number of hydrogen-bond acceptors (Lipinski definition) is 4. The summed E-state index contributed by atoms with van der Waals surface area (Å²) in [5.74, 6) is 0.546. The van der Waals surface area contributed by atoms with E-state index >= 15 is 0 Å². The molecule has 0 saturated carbocycles. The van der Waals surface area contributed by atoms with Gasteiger partial charge in [0.1, 0.15) is 6.29 Å². The van der Waals surface area contributed by atoms with Crippen molar-refractivity contribution in [1.82, 2.24) is 5.32 Å². The summed E-state index contributed by atoms with van der Waals surface area (Å²) < 4.78 is 11.7. The molecule has 0 spiro atoms. The second-order valence-electron chi connectivity index (χ2n) is 4.17. The average molecular weight is 356 g/mol. The second kappa shape index (κ2) is 8.46. The van der Waals surface area contributed by atoms with Crippen molar-refractivity contribution in [2.24, 2.45) is 0 Å². The van der Waals surface area contributed by atoms with Crippen LogP contribution < -0.4 is 14.8 Å². The Hall–Kier alpha value is -1.82. The molecule has 0 aliphatic carbocycles. The molecular weight excluding hydrogens is 338 g/mol. The van der Waals surface area contributed by atoms with Crippen molar-refractivity contribution < 1.29 is 19.1 Å². The molecule has 5 nitrogen and oxygen atoms in total. The Morgan fingerprint density at radius 2 is 2.24 bits per heavy atom. The third-order valence-corrected chi connectivity index (χ3v) is 3.14. The maximum Gasteiger partial charge on any atom is 0.261 e. The molecule has 21 heavy (non-hydrogen) atoms. The molecule has 0 aliphatic rings. The average Bonchev–Trinajstić information content (AvgIpc) is 2.47. The van der Waals surface area contributed by atoms with Crippen LogP contribution in [0.4, 0.5) is 0 Å². The molecule has 0 saturated heterocycles. The summed E-state index contributed by atoms with van der Waals surface area (Å²) in [5, 5.41) is 2.65. The molecule has 0 radical (unpaired) electrons. The van der Waals surface area contributed by atoms with E-state index in [4.69, 9.17) is 9.47 Å². The van der Waals surface area contributed by atoms with Gasteiger partial charge in [0, 0.05) is 12.1 Å². The van der Waals surface area contributed by atoms with E-state index in [9.17, 15) is 9.59 Å². The lowest BCUT2D eigenvalue weighted by Gasteiger charge is -2.18. The van der Waals surface area contributed by atoms with E-state index in [0.717, 1.165) is 6.29 Å². The summed E-state index contributed by atoms with van der Waals surface area (Å²) in [4.78, 5) is 22.7. The number of carbonyl (C=O) groups is 2. The zero-order valence-corrected chi connectivity index (χ0v) is 13.6. The SMILES string of the molecule is C=CCNC(=O)C(C)Oc1c(Br)cc(C=O)cc1OCC. The second-order valence-corrected chi connectivity index (χ2v) is 5.03. The predicted octanol–water partition coefficient (Wildman–Crippen LogP) is 2.73. The van der Waals surface area contributed by atoms with Crippen LogP contribution in [-0.2, 0) is 4.79 Å². The summed E-state index contributed by atoms with van der Waals surface area (Å²) >= 11 is 3.33. The van der Waals surface area contributed by atoms with Gasteiger partial charge < -0.3 is 14.8 Å². The van der Waals surface area contributed by atoms with Crippen molar-refractivity contribution in [3.05, 3.63) is 34.8 Å². The Bertz CT molecular complexity index is 531. The first-order valence-electron chi connectivity index (χ1n) is 6.50. The summed E-state index contributed by atoms with van der Waals surface area (Å²) in [6, 6.07) is 3.18. The monoisotopic (exact) mass is 355 g/mol. The fourth-order valence-corrected chi connectivity index (χ4v) is 2.13. The summed E-state index contributed by atoms with van der Waals surface area (Å²) in [5.41, 5.74) is 0.460. The Morgan fingerprint density at radius 3 is 2.81 bits per heavy atom. The first kappa shape index (κ1) is 17.2. The minimum atomic E-state index is -0.706. The standard InChI is InChI=1S/C15H18BrNO4/c1-4-6-17-15(19)10(3)21-14-12(16)7-11(9-18)8-13(14)20-5-2/h4,7-10H,1,5-6H2,2-3H3,(H,17,19). The fourth-order valence-electron chi connectivity index (χ4n) is 1.58. The van der Waals surface area contributed by atoms with Crippen molar-refractivity contribution in [2.75, 3.05) is 13.2 Å². The predicted molar refractivity (Wildman–Crippen MR) is 84.0 cm³/mol. The molecule has 0 bridgehead atoms. The fraction of sp³-hybridized carbons (Fsp3) is 0.333. The van der Waals surface area contributed by atoms with Crippen molar-refractivity contribution in [2.45, 2.75) is 20.0 Å². The maximum atomic E-state index is 11.8. The molecule has 1 atom stereocenters. The van der Waals surface area contributed by atoms with Crippen molar-refractivity contribution in [1.29, 1.82) is 0 Å². The van der Waals surface area contributed by atoms with Crippen LogP contribution in [0, 0.1) is 0 Å². The quantitative estimate of drug-likeness (QED) is 0.575. The van der Waals surface area contributed by atoms with Crippen LogP contribution in [0.1, 0.15) is 24.2 Å². The third kappa shape index (κ3) is 4.90. The maximum absolute atomic E-state index is 11.8. The minimum absolute atomic E-state index is 0.260. The highest BCUT2D eigenvalue weighted by Crippen LogP contribution is 2.37. The first-order chi connectivity index (χ1) is 10.0. The number of hydrogen-bond donors (Lipinski definition) is 1. The van der Waals surface area contributed by atoms with Gasteiger partial charge >= 0.3 is 0 Å². The Morgan fingerprint density at radius 1 is 1.52 bits per heavy atom. The lowest BCUT2D eigenvalue weighted by molar-refractivity contribution is -0.127. The molecule has 0 fully saturated rings. The molecule has 1 aromatic carbocycles. The number of rotatable bonds is 8. The zero-order valence-electron chi connectivity index (χ0n) is 12.0. The van der Waals surface area contributed by atoms with Crippen LogP contribution in [0.15, 0.2) is 29.3 Å². The molecule has 0 heterocycles. The van der Waals surface area contributed by atoms with Gasteiger partial charge in [-0.15, -0.1) is 6.58 Å². The lowest BCUT2D eigenvalue weighted by Crippen LogP contribution is -2.36. The highest BCUT2D eigenvalue weighted by Gasteiger charge is 2.19. The Kier molecular flexibility index (Phi) is 6.94. The van der Waals surface area contributed by atoms with Crippen molar-refractivity contribution in [3.63, 3.8) is 0 Å². The number of carbonyl (C=O) groups excluding carboxylic acids is 2. The summed E-state index contributed by atoms with van der Waals surface area (Å²) in [6.45, 7) is 7.78. The van der Waals surface area contributed by atoms with Gasteiger partial charge in [0.25, 0.3) is 5.91 Å². The molecule has 114 valence electrons. The van der Waals surface area contributed by atoms with Gasteiger partial charge in [-0.25, -0.2) is 0 Å². The van der Waals surface area contributed by atoms with E-state index in [1.54, 1.807) is 25.1 Å². The molecule has 0 aliphatic heterocycles. The molecular formula is C15H18BrNO4. The smallest absolute Gasteiger partial charge is 0.261 e. The van der Waals surface area contributed by atoms with E-state index in [1.807, 2.05) is 6.92 Å². The van der Waals surface area contributed by atoms with Gasteiger partial charge in [-0.3, -0.25) is 9.59 Å². The summed E-state index contributed by atoms with van der Waals surface area (Å²) in [7, 11) is 0. The number of benzene rings is 1. The van der Waals surface area contributed by atoms with Crippen molar-refractivity contribution in [3.8, 4) is 11.5 Å². The molecule has 6 heteroatoms. The number of amides is 1. The molecule has 1 N–H and O–H groups in total. The first-order valence-corrected chi connectivity index (χ1v) is 7.29. The molecule has 1 aromatic rings. The topological polar surface area (TPSA) is 64.6 Å². The van der Waals surface area contributed by atoms with Gasteiger partial charge in [-0.05, 0) is 41.9 Å². The van der Waals surface area contributed by atoms with Gasteiger partial charge in [-0.1, -0.05) is 6.08 Å². The van der Waals surface area contributed by atoms with E-state index in [0.29, 0.717) is 34.7 Å². The van der Waals surface area contributed by atoms with Crippen molar-refractivity contribution >= 4 is 28.1 Å². The van der Waals surface area contributed by atoms with Crippen LogP contribution in [0.25, 0.3) is 0 Å².